The van der Waals surface area contributed by atoms with E-state index in [9.17, 15) is 4.79 Å². The summed E-state index contributed by atoms with van der Waals surface area (Å²) in [6, 6.07) is 23.3. The molecule has 0 aromatic heterocycles. The lowest BCUT2D eigenvalue weighted by Crippen LogP contribution is -2.44. The number of amides is 1. The number of likely N-dealkylation sites (N-methyl/N-ethyl adjacent to an activating group) is 1. The highest BCUT2D eigenvalue weighted by atomic mass is 79.9. The number of anilines is 2. The zero-order chi connectivity index (χ0) is 21.6. The van der Waals surface area contributed by atoms with Gasteiger partial charge in [-0.05, 0) is 49.5 Å². The molecule has 31 heavy (non-hydrogen) atoms. The van der Waals surface area contributed by atoms with Gasteiger partial charge >= 0.3 is 0 Å². The number of benzene rings is 3. The van der Waals surface area contributed by atoms with Crippen LogP contribution in [0.25, 0.3) is 0 Å². The summed E-state index contributed by atoms with van der Waals surface area (Å²) in [7, 11) is 2.15. The van der Waals surface area contributed by atoms with Crippen molar-refractivity contribution in [2.75, 3.05) is 43.4 Å². The lowest BCUT2D eigenvalue weighted by atomic mass is 10.1. The minimum Gasteiger partial charge on any atom is -0.488 e. The van der Waals surface area contributed by atoms with Crippen molar-refractivity contribution < 1.29 is 9.53 Å². The van der Waals surface area contributed by atoms with Gasteiger partial charge in [0.25, 0.3) is 5.91 Å². The van der Waals surface area contributed by atoms with Gasteiger partial charge in [-0.15, -0.1) is 0 Å². The molecule has 160 valence electrons. The van der Waals surface area contributed by atoms with Gasteiger partial charge in [-0.3, -0.25) is 4.79 Å². The smallest absolute Gasteiger partial charge is 0.259 e. The van der Waals surface area contributed by atoms with Gasteiger partial charge in [0, 0.05) is 47.6 Å². The zero-order valence-electron chi connectivity index (χ0n) is 17.6. The Balaban J connectivity index is 1.41. The fourth-order valence-corrected chi connectivity index (χ4v) is 3.97. The molecule has 0 bridgehead atoms. The molecule has 0 radical (unpaired) electrons. The van der Waals surface area contributed by atoms with Crippen molar-refractivity contribution in [1.82, 2.24) is 4.90 Å². The molecule has 0 unspecified atom stereocenters. The van der Waals surface area contributed by atoms with E-state index in [1.807, 2.05) is 54.6 Å². The van der Waals surface area contributed by atoms with Crippen molar-refractivity contribution in [3.63, 3.8) is 0 Å². The van der Waals surface area contributed by atoms with E-state index in [1.54, 1.807) is 6.07 Å². The third-order valence-electron chi connectivity index (χ3n) is 5.47. The van der Waals surface area contributed by atoms with E-state index < -0.39 is 0 Å². The van der Waals surface area contributed by atoms with E-state index in [4.69, 9.17) is 4.74 Å². The summed E-state index contributed by atoms with van der Waals surface area (Å²) in [5.41, 5.74) is 3.49. The lowest BCUT2D eigenvalue weighted by molar-refractivity contribution is 0.102. The van der Waals surface area contributed by atoms with Crippen LogP contribution in [0.5, 0.6) is 5.75 Å². The van der Waals surface area contributed by atoms with Gasteiger partial charge in [0.05, 0.1) is 5.56 Å². The SMILES string of the molecule is CN1CCN(c2ccc(NC(=O)c3ccccc3OCc3ccccc3Br)cc2)CC1. The topological polar surface area (TPSA) is 44.8 Å². The molecule has 1 aliphatic rings. The standard InChI is InChI=1S/C25H26BrN3O2/c1-28-14-16-29(17-15-28)21-12-10-20(11-13-21)27-25(30)22-7-3-5-9-24(22)31-18-19-6-2-4-8-23(19)26/h2-13H,14-18H2,1H3,(H,27,30). The zero-order valence-corrected chi connectivity index (χ0v) is 19.1. The Bertz CT molecular complexity index is 1030. The van der Waals surface area contributed by atoms with Crippen LogP contribution in [0.3, 0.4) is 0 Å². The molecule has 1 saturated heterocycles. The fraction of sp³-hybridized carbons (Fsp3) is 0.240. The van der Waals surface area contributed by atoms with E-state index in [-0.39, 0.29) is 5.91 Å². The number of nitrogens with one attached hydrogen (secondary N) is 1. The van der Waals surface area contributed by atoms with Gasteiger partial charge in [0.1, 0.15) is 12.4 Å². The van der Waals surface area contributed by atoms with Crippen molar-refractivity contribution in [2.24, 2.45) is 0 Å². The van der Waals surface area contributed by atoms with E-state index in [1.165, 1.54) is 5.69 Å². The minimum absolute atomic E-state index is 0.185. The number of hydrogen-bond donors (Lipinski definition) is 1. The molecule has 0 spiro atoms. The highest BCUT2D eigenvalue weighted by Gasteiger charge is 2.15. The minimum atomic E-state index is -0.185. The molecule has 1 fully saturated rings. The predicted octanol–water partition coefficient (Wildman–Crippen LogP) is 5.03. The highest BCUT2D eigenvalue weighted by Crippen LogP contribution is 2.24. The Morgan fingerprint density at radius 1 is 0.935 bits per heavy atom. The first-order valence-electron chi connectivity index (χ1n) is 10.4. The molecule has 6 heteroatoms. The van der Waals surface area contributed by atoms with Crippen molar-refractivity contribution >= 4 is 33.2 Å². The fourth-order valence-electron chi connectivity index (χ4n) is 3.57. The van der Waals surface area contributed by atoms with Crippen LogP contribution < -0.4 is 15.0 Å². The molecule has 0 aliphatic carbocycles. The quantitative estimate of drug-likeness (QED) is 0.538. The summed E-state index contributed by atoms with van der Waals surface area (Å²) >= 11 is 3.53. The van der Waals surface area contributed by atoms with Crippen molar-refractivity contribution in [3.05, 3.63) is 88.4 Å². The van der Waals surface area contributed by atoms with E-state index >= 15 is 0 Å². The van der Waals surface area contributed by atoms with Crippen LogP contribution in [0, 0.1) is 0 Å². The average Bonchev–Trinajstić information content (AvgIpc) is 2.80. The first kappa shape index (κ1) is 21.4. The third kappa shape index (κ3) is 5.46. The Morgan fingerprint density at radius 3 is 2.35 bits per heavy atom. The predicted molar refractivity (Wildman–Crippen MR) is 129 cm³/mol. The number of halogens is 1. The van der Waals surface area contributed by atoms with Gasteiger partial charge in [-0.2, -0.15) is 0 Å². The first-order valence-corrected chi connectivity index (χ1v) is 11.2. The number of rotatable bonds is 6. The number of carbonyl (C=O) groups excluding carboxylic acids is 1. The van der Waals surface area contributed by atoms with Crippen LogP contribution in [0.2, 0.25) is 0 Å². The van der Waals surface area contributed by atoms with Gasteiger partial charge in [0.15, 0.2) is 0 Å². The summed E-state index contributed by atoms with van der Waals surface area (Å²) in [6.45, 7) is 4.55. The van der Waals surface area contributed by atoms with Crippen LogP contribution >= 0.6 is 15.9 Å². The normalized spacial score (nSPS) is 14.3. The van der Waals surface area contributed by atoms with Crippen molar-refractivity contribution in [3.8, 4) is 5.75 Å². The van der Waals surface area contributed by atoms with E-state index in [0.717, 1.165) is 41.9 Å². The lowest BCUT2D eigenvalue weighted by Gasteiger charge is -2.34. The van der Waals surface area contributed by atoms with Crippen LogP contribution in [0.4, 0.5) is 11.4 Å². The number of carbonyl (C=O) groups is 1. The van der Waals surface area contributed by atoms with Crippen LogP contribution in [-0.4, -0.2) is 44.0 Å². The van der Waals surface area contributed by atoms with E-state index in [2.05, 4.69) is 50.2 Å². The molecule has 0 saturated carbocycles. The van der Waals surface area contributed by atoms with Crippen LogP contribution in [-0.2, 0) is 6.61 Å². The second kappa shape index (κ2) is 9.98. The summed E-state index contributed by atoms with van der Waals surface area (Å²) in [6.07, 6.45) is 0. The molecular weight excluding hydrogens is 454 g/mol. The first-order chi connectivity index (χ1) is 15.1. The molecule has 5 nitrogen and oxygen atoms in total. The van der Waals surface area contributed by atoms with Crippen LogP contribution in [0.15, 0.2) is 77.3 Å². The second-order valence-corrected chi connectivity index (χ2v) is 8.52. The molecule has 3 aromatic carbocycles. The molecule has 4 rings (SSSR count). The second-order valence-electron chi connectivity index (χ2n) is 7.67. The number of ether oxygens (including phenoxy) is 1. The molecule has 3 aromatic rings. The summed E-state index contributed by atoms with van der Waals surface area (Å²) in [5, 5.41) is 2.99. The number of hydrogen-bond acceptors (Lipinski definition) is 4. The van der Waals surface area contributed by atoms with Crippen molar-refractivity contribution in [2.45, 2.75) is 6.61 Å². The maximum absolute atomic E-state index is 12.9. The molecular formula is C25H26BrN3O2. The Hall–Kier alpha value is -2.83. The van der Waals surface area contributed by atoms with E-state index in [0.29, 0.717) is 17.9 Å². The number of nitrogens with zero attached hydrogens (tertiary/aromatic N) is 2. The summed E-state index contributed by atoms with van der Waals surface area (Å²) < 4.78 is 6.95. The largest absolute Gasteiger partial charge is 0.488 e. The summed E-state index contributed by atoms with van der Waals surface area (Å²) in [4.78, 5) is 17.6. The Kier molecular flexibility index (Phi) is 6.89. The monoisotopic (exact) mass is 479 g/mol. The highest BCUT2D eigenvalue weighted by molar-refractivity contribution is 9.10. The third-order valence-corrected chi connectivity index (χ3v) is 6.24. The van der Waals surface area contributed by atoms with Crippen LogP contribution in [0.1, 0.15) is 15.9 Å². The van der Waals surface area contributed by atoms with Gasteiger partial charge in [-0.1, -0.05) is 46.3 Å². The Morgan fingerprint density at radius 2 is 1.61 bits per heavy atom. The van der Waals surface area contributed by atoms with Gasteiger partial charge in [-0.25, -0.2) is 0 Å². The molecule has 1 N–H and O–H groups in total. The molecule has 1 aliphatic heterocycles. The molecule has 0 atom stereocenters. The summed E-state index contributed by atoms with van der Waals surface area (Å²) in [5.74, 6) is 0.375. The average molecular weight is 480 g/mol. The number of para-hydroxylation sites is 1. The Labute approximate surface area is 191 Å². The van der Waals surface area contributed by atoms with Crippen molar-refractivity contribution in [1.29, 1.82) is 0 Å². The maximum atomic E-state index is 12.9. The van der Waals surface area contributed by atoms with Gasteiger partial charge < -0.3 is 19.9 Å². The molecule has 1 heterocycles. The van der Waals surface area contributed by atoms with Gasteiger partial charge in [0.2, 0.25) is 0 Å². The maximum Gasteiger partial charge on any atom is 0.259 e. The number of piperazine rings is 1. The molecule has 1 amide bonds.